The molecule has 0 spiro atoms. The number of benzene rings is 1. The number of amides is 1. The minimum absolute atomic E-state index is 0.264. The summed E-state index contributed by atoms with van der Waals surface area (Å²) in [6.45, 7) is 5.05. The van der Waals surface area contributed by atoms with Crippen molar-refractivity contribution in [3.05, 3.63) is 58.2 Å². The largest absolute Gasteiger partial charge is 0.378 e. The van der Waals surface area contributed by atoms with Crippen molar-refractivity contribution in [2.75, 3.05) is 36.5 Å². The van der Waals surface area contributed by atoms with Crippen molar-refractivity contribution in [3.63, 3.8) is 0 Å². The SMILES string of the molecule is Cc1ccc(NC(=O)c2csc(-c3ccc(N4CCOCC4)nc3)n2)cc1Cl. The molecule has 0 bridgehead atoms. The highest BCUT2D eigenvalue weighted by Crippen LogP contribution is 2.26. The Labute approximate surface area is 172 Å². The van der Waals surface area contributed by atoms with Crippen LogP contribution in [0, 0.1) is 6.92 Å². The number of ether oxygens (including phenoxy) is 1. The quantitative estimate of drug-likeness (QED) is 0.691. The molecule has 2 aromatic heterocycles. The average Bonchev–Trinajstić information content (AvgIpc) is 3.22. The van der Waals surface area contributed by atoms with E-state index in [1.807, 2.05) is 31.2 Å². The van der Waals surface area contributed by atoms with Gasteiger partial charge in [0.1, 0.15) is 16.5 Å². The van der Waals surface area contributed by atoms with Gasteiger partial charge in [-0.3, -0.25) is 4.79 Å². The Morgan fingerprint density at radius 2 is 2.07 bits per heavy atom. The highest BCUT2D eigenvalue weighted by atomic mass is 35.5. The Morgan fingerprint density at radius 1 is 1.25 bits per heavy atom. The number of thiazole rings is 1. The van der Waals surface area contributed by atoms with Gasteiger partial charge in [-0.05, 0) is 36.8 Å². The van der Waals surface area contributed by atoms with Crippen molar-refractivity contribution in [1.82, 2.24) is 9.97 Å². The summed E-state index contributed by atoms with van der Waals surface area (Å²) < 4.78 is 5.37. The molecule has 6 nitrogen and oxygen atoms in total. The molecule has 0 atom stereocenters. The summed E-state index contributed by atoms with van der Waals surface area (Å²) in [6, 6.07) is 9.39. The van der Waals surface area contributed by atoms with E-state index in [2.05, 4.69) is 20.2 Å². The highest BCUT2D eigenvalue weighted by Gasteiger charge is 2.15. The second-order valence-electron chi connectivity index (χ2n) is 6.46. The zero-order valence-electron chi connectivity index (χ0n) is 15.3. The van der Waals surface area contributed by atoms with Crippen LogP contribution in [0.3, 0.4) is 0 Å². The number of rotatable bonds is 4. The molecule has 8 heteroatoms. The molecule has 28 heavy (non-hydrogen) atoms. The summed E-state index contributed by atoms with van der Waals surface area (Å²) >= 11 is 7.53. The van der Waals surface area contributed by atoms with E-state index >= 15 is 0 Å². The fourth-order valence-corrected chi connectivity index (χ4v) is 3.84. The van der Waals surface area contributed by atoms with E-state index in [4.69, 9.17) is 16.3 Å². The van der Waals surface area contributed by atoms with Crippen LogP contribution in [-0.2, 0) is 4.74 Å². The summed E-state index contributed by atoms with van der Waals surface area (Å²) in [7, 11) is 0. The number of carbonyl (C=O) groups excluding carboxylic acids is 1. The summed E-state index contributed by atoms with van der Waals surface area (Å²) in [5.74, 6) is 0.665. The van der Waals surface area contributed by atoms with Gasteiger partial charge >= 0.3 is 0 Å². The van der Waals surface area contributed by atoms with Crippen LogP contribution in [0.1, 0.15) is 16.1 Å². The van der Waals surface area contributed by atoms with Crippen LogP contribution >= 0.6 is 22.9 Å². The molecule has 0 aliphatic carbocycles. The molecule has 1 aromatic carbocycles. The molecule has 144 valence electrons. The van der Waals surface area contributed by atoms with Crippen LogP contribution in [0.2, 0.25) is 5.02 Å². The minimum Gasteiger partial charge on any atom is -0.378 e. The number of aryl methyl sites for hydroxylation is 1. The third kappa shape index (κ3) is 4.16. The lowest BCUT2D eigenvalue weighted by Gasteiger charge is -2.27. The maximum absolute atomic E-state index is 12.5. The summed E-state index contributed by atoms with van der Waals surface area (Å²) in [6.07, 6.45) is 1.80. The van der Waals surface area contributed by atoms with Crippen LogP contribution < -0.4 is 10.2 Å². The lowest BCUT2D eigenvalue weighted by atomic mass is 10.2. The second-order valence-corrected chi connectivity index (χ2v) is 7.73. The van der Waals surface area contributed by atoms with Crippen molar-refractivity contribution < 1.29 is 9.53 Å². The van der Waals surface area contributed by atoms with Crippen molar-refractivity contribution in [2.45, 2.75) is 6.92 Å². The number of anilines is 2. The molecule has 1 fully saturated rings. The van der Waals surface area contributed by atoms with Gasteiger partial charge < -0.3 is 15.0 Å². The molecule has 4 rings (SSSR count). The third-order valence-electron chi connectivity index (χ3n) is 4.50. The van der Waals surface area contributed by atoms with Crippen LogP contribution in [0.4, 0.5) is 11.5 Å². The fraction of sp³-hybridized carbons (Fsp3) is 0.250. The van der Waals surface area contributed by atoms with Gasteiger partial charge in [0, 0.05) is 40.9 Å². The zero-order valence-corrected chi connectivity index (χ0v) is 16.9. The lowest BCUT2D eigenvalue weighted by molar-refractivity contribution is 0.102. The van der Waals surface area contributed by atoms with Gasteiger partial charge in [0.15, 0.2) is 0 Å². The van der Waals surface area contributed by atoms with E-state index in [0.717, 1.165) is 48.3 Å². The zero-order chi connectivity index (χ0) is 19.5. The maximum Gasteiger partial charge on any atom is 0.275 e. The fourth-order valence-electron chi connectivity index (χ4n) is 2.87. The molecular formula is C20H19ClN4O2S. The molecule has 1 saturated heterocycles. The molecule has 1 N–H and O–H groups in total. The molecule has 1 aliphatic rings. The van der Waals surface area contributed by atoms with E-state index < -0.39 is 0 Å². The molecule has 0 radical (unpaired) electrons. The van der Waals surface area contributed by atoms with Gasteiger partial charge in [0.2, 0.25) is 0 Å². The lowest BCUT2D eigenvalue weighted by Crippen LogP contribution is -2.36. The number of morpholine rings is 1. The summed E-state index contributed by atoms with van der Waals surface area (Å²) in [5, 5.41) is 5.95. The van der Waals surface area contributed by atoms with E-state index in [9.17, 15) is 4.79 Å². The second kappa shape index (κ2) is 8.26. The van der Waals surface area contributed by atoms with Crippen LogP contribution in [0.5, 0.6) is 0 Å². The predicted molar refractivity (Wildman–Crippen MR) is 113 cm³/mol. The van der Waals surface area contributed by atoms with Gasteiger partial charge in [-0.15, -0.1) is 11.3 Å². The number of hydrogen-bond donors (Lipinski definition) is 1. The highest BCUT2D eigenvalue weighted by molar-refractivity contribution is 7.13. The van der Waals surface area contributed by atoms with Crippen LogP contribution in [0.25, 0.3) is 10.6 Å². The number of halogens is 1. The summed E-state index contributed by atoms with van der Waals surface area (Å²) in [5.41, 5.74) is 2.86. The minimum atomic E-state index is -0.264. The van der Waals surface area contributed by atoms with E-state index in [1.54, 1.807) is 17.6 Å². The molecule has 0 saturated carbocycles. The topological polar surface area (TPSA) is 67.4 Å². The number of nitrogens with one attached hydrogen (secondary N) is 1. The van der Waals surface area contributed by atoms with Gasteiger partial charge in [-0.1, -0.05) is 17.7 Å². The Morgan fingerprint density at radius 3 is 2.79 bits per heavy atom. The number of pyridine rings is 1. The first-order valence-electron chi connectivity index (χ1n) is 8.92. The van der Waals surface area contributed by atoms with Gasteiger partial charge in [0.05, 0.1) is 13.2 Å². The van der Waals surface area contributed by atoms with E-state index in [-0.39, 0.29) is 5.91 Å². The number of nitrogens with zero attached hydrogens (tertiary/aromatic N) is 3. The predicted octanol–water partition coefficient (Wildman–Crippen LogP) is 4.26. The van der Waals surface area contributed by atoms with E-state index in [0.29, 0.717) is 16.4 Å². The maximum atomic E-state index is 12.5. The Kier molecular flexibility index (Phi) is 5.57. The van der Waals surface area contributed by atoms with Gasteiger partial charge in [-0.25, -0.2) is 9.97 Å². The first-order valence-corrected chi connectivity index (χ1v) is 10.2. The van der Waals surface area contributed by atoms with Gasteiger partial charge in [-0.2, -0.15) is 0 Å². The smallest absolute Gasteiger partial charge is 0.275 e. The normalized spacial score (nSPS) is 14.1. The van der Waals surface area contributed by atoms with Crippen molar-refractivity contribution in [2.24, 2.45) is 0 Å². The Hall–Kier alpha value is -2.48. The Balaban J connectivity index is 1.46. The van der Waals surface area contributed by atoms with Crippen molar-refractivity contribution in [3.8, 4) is 10.6 Å². The molecule has 1 aliphatic heterocycles. The molecule has 3 heterocycles. The average molecular weight is 415 g/mol. The molecule has 3 aromatic rings. The van der Waals surface area contributed by atoms with E-state index in [1.165, 1.54) is 11.3 Å². The first kappa shape index (κ1) is 18.9. The van der Waals surface area contributed by atoms with Gasteiger partial charge in [0.25, 0.3) is 5.91 Å². The first-order chi connectivity index (χ1) is 13.6. The number of hydrogen-bond acceptors (Lipinski definition) is 6. The number of carbonyl (C=O) groups is 1. The number of aromatic nitrogens is 2. The Bertz CT molecular complexity index is 984. The molecule has 0 unspecified atom stereocenters. The van der Waals surface area contributed by atoms with Crippen LogP contribution in [-0.4, -0.2) is 42.2 Å². The molecule has 1 amide bonds. The van der Waals surface area contributed by atoms with Crippen molar-refractivity contribution in [1.29, 1.82) is 0 Å². The standard InChI is InChI=1S/C20H19ClN4O2S/c1-13-2-4-15(10-16(13)21)23-19(26)17-12-28-20(24-17)14-3-5-18(22-11-14)25-6-8-27-9-7-25/h2-5,10-12H,6-9H2,1H3,(H,23,26). The third-order valence-corrected chi connectivity index (χ3v) is 5.79. The molecular weight excluding hydrogens is 396 g/mol. The summed E-state index contributed by atoms with van der Waals surface area (Å²) in [4.78, 5) is 23.7. The van der Waals surface area contributed by atoms with Crippen molar-refractivity contribution >= 4 is 40.4 Å². The monoisotopic (exact) mass is 414 g/mol. The van der Waals surface area contributed by atoms with Crippen LogP contribution in [0.15, 0.2) is 41.9 Å².